The van der Waals surface area contributed by atoms with E-state index in [2.05, 4.69) is 42.1 Å². The van der Waals surface area contributed by atoms with Crippen LogP contribution in [0, 0.1) is 0 Å². The van der Waals surface area contributed by atoms with Crippen molar-refractivity contribution in [3.63, 3.8) is 0 Å². The van der Waals surface area contributed by atoms with Crippen molar-refractivity contribution in [3.8, 4) is 0 Å². The number of ether oxygens (including phenoxy) is 1. The van der Waals surface area contributed by atoms with Gasteiger partial charge < -0.3 is 9.30 Å². The van der Waals surface area contributed by atoms with Gasteiger partial charge in [0, 0.05) is 37.9 Å². The maximum atomic E-state index is 5.08. The normalized spacial score (nSPS) is 11.1. The summed E-state index contributed by atoms with van der Waals surface area (Å²) in [7, 11) is 3.85. The Kier molecular flexibility index (Phi) is 3.07. The lowest BCUT2D eigenvalue weighted by Gasteiger charge is -1.98. The second kappa shape index (κ2) is 4.49. The summed E-state index contributed by atoms with van der Waals surface area (Å²) in [5.74, 6) is 0. The Labute approximate surface area is 90.5 Å². The quantitative estimate of drug-likeness (QED) is 0.697. The van der Waals surface area contributed by atoms with Crippen LogP contribution >= 0.6 is 0 Å². The van der Waals surface area contributed by atoms with Crippen molar-refractivity contribution >= 4 is 10.9 Å². The fraction of sp³-hybridized carbons (Fsp3) is 0.385. The molecule has 1 heterocycles. The summed E-state index contributed by atoms with van der Waals surface area (Å²) < 4.78 is 7.27. The highest BCUT2D eigenvalue weighted by molar-refractivity contribution is 5.83. The van der Waals surface area contributed by atoms with Crippen LogP contribution in [-0.4, -0.2) is 18.3 Å². The van der Waals surface area contributed by atoms with Crippen LogP contribution in [0.5, 0.6) is 0 Å². The number of fused-ring (bicyclic) bond motifs is 1. The molecule has 2 heteroatoms. The number of methoxy groups -OCH3 is 1. The molecule has 0 bridgehead atoms. The molecule has 0 fully saturated rings. The van der Waals surface area contributed by atoms with Crippen molar-refractivity contribution in [1.82, 2.24) is 4.57 Å². The SMILES string of the molecule is COCCCc1cn(C)c2ccccc12. The Balaban J connectivity index is 2.27. The number of para-hydroxylation sites is 1. The standard InChI is InChI=1S/C13H17NO/c1-14-10-11(6-5-9-15-2)12-7-3-4-8-13(12)14/h3-4,7-8,10H,5-6,9H2,1-2H3. The van der Waals surface area contributed by atoms with Crippen molar-refractivity contribution < 1.29 is 4.74 Å². The lowest BCUT2D eigenvalue weighted by atomic mass is 10.1. The number of rotatable bonds is 4. The highest BCUT2D eigenvalue weighted by Crippen LogP contribution is 2.21. The average molecular weight is 203 g/mol. The van der Waals surface area contributed by atoms with Gasteiger partial charge in [0.25, 0.3) is 0 Å². The van der Waals surface area contributed by atoms with Crippen LogP contribution in [0.15, 0.2) is 30.5 Å². The van der Waals surface area contributed by atoms with Gasteiger partial charge in [0.2, 0.25) is 0 Å². The molecule has 0 aliphatic rings. The van der Waals surface area contributed by atoms with Gasteiger partial charge in [-0.15, -0.1) is 0 Å². The molecular formula is C13H17NO. The topological polar surface area (TPSA) is 14.2 Å². The molecule has 0 unspecified atom stereocenters. The fourth-order valence-electron chi connectivity index (χ4n) is 2.03. The van der Waals surface area contributed by atoms with E-state index in [0.717, 1.165) is 19.4 Å². The van der Waals surface area contributed by atoms with Crippen LogP contribution in [-0.2, 0) is 18.2 Å². The molecule has 0 spiro atoms. The number of hydrogen-bond donors (Lipinski definition) is 0. The number of aryl methyl sites for hydroxylation is 2. The van der Waals surface area contributed by atoms with Crippen molar-refractivity contribution in [2.75, 3.05) is 13.7 Å². The molecule has 80 valence electrons. The summed E-state index contributed by atoms with van der Waals surface area (Å²) in [6.45, 7) is 0.837. The van der Waals surface area contributed by atoms with Gasteiger partial charge in [0.15, 0.2) is 0 Å². The predicted octanol–water partition coefficient (Wildman–Crippen LogP) is 2.76. The maximum Gasteiger partial charge on any atom is 0.0480 e. The molecule has 1 aromatic heterocycles. The third-order valence-electron chi connectivity index (χ3n) is 2.77. The predicted molar refractivity (Wildman–Crippen MR) is 63.1 cm³/mol. The van der Waals surface area contributed by atoms with E-state index in [9.17, 15) is 0 Å². The zero-order chi connectivity index (χ0) is 10.7. The molecule has 0 amide bonds. The third kappa shape index (κ3) is 2.05. The molecule has 1 aromatic carbocycles. The zero-order valence-corrected chi connectivity index (χ0v) is 9.36. The highest BCUT2D eigenvalue weighted by Gasteiger charge is 2.04. The largest absolute Gasteiger partial charge is 0.385 e. The van der Waals surface area contributed by atoms with Gasteiger partial charge in [-0.2, -0.15) is 0 Å². The van der Waals surface area contributed by atoms with Gasteiger partial charge >= 0.3 is 0 Å². The molecule has 0 N–H and O–H groups in total. The second-order valence-corrected chi connectivity index (χ2v) is 3.88. The van der Waals surface area contributed by atoms with E-state index in [-0.39, 0.29) is 0 Å². The van der Waals surface area contributed by atoms with Crippen molar-refractivity contribution in [3.05, 3.63) is 36.0 Å². The lowest BCUT2D eigenvalue weighted by Crippen LogP contribution is -1.91. The minimum absolute atomic E-state index is 0.837. The van der Waals surface area contributed by atoms with E-state index in [1.807, 2.05) is 0 Å². The molecule has 0 aliphatic carbocycles. The van der Waals surface area contributed by atoms with E-state index < -0.39 is 0 Å². The Morgan fingerprint density at radius 2 is 2.07 bits per heavy atom. The zero-order valence-electron chi connectivity index (χ0n) is 9.36. The van der Waals surface area contributed by atoms with Crippen LogP contribution < -0.4 is 0 Å². The first-order valence-electron chi connectivity index (χ1n) is 5.35. The molecule has 2 nitrogen and oxygen atoms in total. The molecule has 15 heavy (non-hydrogen) atoms. The van der Waals surface area contributed by atoms with Crippen LogP contribution in [0.4, 0.5) is 0 Å². The Morgan fingerprint density at radius 3 is 2.87 bits per heavy atom. The van der Waals surface area contributed by atoms with E-state index in [1.165, 1.54) is 16.5 Å². The molecule has 2 rings (SSSR count). The monoisotopic (exact) mass is 203 g/mol. The Morgan fingerprint density at radius 1 is 1.27 bits per heavy atom. The van der Waals surface area contributed by atoms with Gasteiger partial charge in [-0.1, -0.05) is 18.2 Å². The second-order valence-electron chi connectivity index (χ2n) is 3.88. The summed E-state index contributed by atoms with van der Waals surface area (Å²) in [5.41, 5.74) is 2.73. The molecule has 0 saturated carbocycles. The van der Waals surface area contributed by atoms with Gasteiger partial charge in [-0.25, -0.2) is 0 Å². The maximum absolute atomic E-state index is 5.08. The molecule has 0 radical (unpaired) electrons. The van der Waals surface area contributed by atoms with Crippen molar-refractivity contribution in [1.29, 1.82) is 0 Å². The highest BCUT2D eigenvalue weighted by atomic mass is 16.5. The summed E-state index contributed by atoms with van der Waals surface area (Å²) in [5, 5.41) is 1.37. The van der Waals surface area contributed by atoms with Gasteiger partial charge in [0.05, 0.1) is 0 Å². The van der Waals surface area contributed by atoms with Gasteiger partial charge in [-0.3, -0.25) is 0 Å². The van der Waals surface area contributed by atoms with Crippen molar-refractivity contribution in [2.24, 2.45) is 7.05 Å². The van der Waals surface area contributed by atoms with E-state index >= 15 is 0 Å². The summed E-state index contributed by atoms with van der Waals surface area (Å²) in [6.07, 6.45) is 4.40. The molecule has 0 aliphatic heterocycles. The smallest absolute Gasteiger partial charge is 0.0480 e. The third-order valence-corrected chi connectivity index (χ3v) is 2.77. The fourth-order valence-corrected chi connectivity index (χ4v) is 2.03. The van der Waals surface area contributed by atoms with Crippen LogP contribution in [0.1, 0.15) is 12.0 Å². The first kappa shape index (κ1) is 10.2. The van der Waals surface area contributed by atoms with E-state index in [1.54, 1.807) is 7.11 Å². The Bertz CT molecular complexity index is 445. The Hall–Kier alpha value is -1.28. The van der Waals surface area contributed by atoms with Crippen LogP contribution in [0.3, 0.4) is 0 Å². The number of nitrogens with zero attached hydrogens (tertiary/aromatic N) is 1. The van der Waals surface area contributed by atoms with E-state index in [4.69, 9.17) is 4.74 Å². The number of hydrogen-bond acceptors (Lipinski definition) is 1. The average Bonchev–Trinajstić information content (AvgIpc) is 2.58. The van der Waals surface area contributed by atoms with Crippen LogP contribution in [0.2, 0.25) is 0 Å². The lowest BCUT2D eigenvalue weighted by molar-refractivity contribution is 0.195. The molecular weight excluding hydrogens is 186 g/mol. The van der Waals surface area contributed by atoms with Gasteiger partial charge in [-0.05, 0) is 24.5 Å². The number of benzene rings is 1. The van der Waals surface area contributed by atoms with E-state index in [0.29, 0.717) is 0 Å². The summed E-state index contributed by atoms with van der Waals surface area (Å²) in [6, 6.07) is 8.54. The molecule has 2 aromatic rings. The van der Waals surface area contributed by atoms with Crippen LogP contribution in [0.25, 0.3) is 10.9 Å². The first-order valence-corrected chi connectivity index (χ1v) is 5.35. The number of aromatic nitrogens is 1. The first-order chi connectivity index (χ1) is 7.33. The summed E-state index contributed by atoms with van der Waals surface area (Å²) in [4.78, 5) is 0. The van der Waals surface area contributed by atoms with Crippen molar-refractivity contribution in [2.45, 2.75) is 12.8 Å². The minimum Gasteiger partial charge on any atom is -0.385 e. The summed E-state index contributed by atoms with van der Waals surface area (Å²) >= 11 is 0. The van der Waals surface area contributed by atoms with Gasteiger partial charge in [0.1, 0.15) is 0 Å². The molecule has 0 atom stereocenters. The molecule has 0 saturated heterocycles. The minimum atomic E-state index is 0.837.